The van der Waals surface area contributed by atoms with Crippen molar-refractivity contribution in [2.45, 2.75) is 25.3 Å². The van der Waals surface area contributed by atoms with Gasteiger partial charge < -0.3 is 14.8 Å². The lowest BCUT2D eigenvalue weighted by molar-refractivity contribution is 0.170. The Morgan fingerprint density at radius 1 is 1.47 bits per heavy atom. The smallest absolute Gasteiger partial charge is 0.231 e. The third-order valence-corrected chi connectivity index (χ3v) is 4.10. The second-order valence-corrected chi connectivity index (χ2v) is 5.50. The van der Waals surface area contributed by atoms with Gasteiger partial charge in [0.15, 0.2) is 11.6 Å². The highest BCUT2D eigenvalue weighted by atomic mass is 79.9. The van der Waals surface area contributed by atoms with E-state index in [1.807, 2.05) is 6.92 Å². The molecule has 5 heteroatoms. The van der Waals surface area contributed by atoms with E-state index in [0.717, 1.165) is 23.9 Å². The molecule has 92 valence electrons. The Bertz CT molecular complexity index is 472. The van der Waals surface area contributed by atoms with Crippen LogP contribution in [0.5, 0.6) is 11.5 Å². The Morgan fingerprint density at radius 3 is 3.00 bits per heavy atom. The van der Waals surface area contributed by atoms with E-state index in [9.17, 15) is 4.39 Å². The maximum absolute atomic E-state index is 14.5. The molecule has 2 aliphatic heterocycles. The summed E-state index contributed by atoms with van der Waals surface area (Å²) in [5.74, 6) is 0.390. The number of benzene rings is 1. The number of hydrogen-bond donors (Lipinski definition) is 1. The van der Waals surface area contributed by atoms with E-state index in [1.54, 1.807) is 6.07 Å². The predicted octanol–water partition coefficient (Wildman–Crippen LogP) is 2.92. The SMILES string of the molecule is CC1(c2c(Br)cc3c(c2F)OCO3)CCCN1. The third-order valence-electron chi connectivity index (χ3n) is 3.48. The van der Waals surface area contributed by atoms with Crippen LogP contribution in [0, 0.1) is 5.82 Å². The van der Waals surface area contributed by atoms with Crippen LogP contribution in [-0.4, -0.2) is 13.3 Å². The van der Waals surface area contributed by atoms with E-state index in [4.69, 9.17) is 9.47 Å². The van der Waals surface area contributed by atoms with Crippen molar-refractivity contribution in [3.05, 3.63) is 21.9 Å². The summed E-state index contributed by atoms with van der Waals surface area (Å²) >= 11 is 3.43. The molecule has 1 N–H and O–H groups in total. The highest BCUT2D eigenvalue weighted by molar-refractivity contribution is 9.10. The Hall–Kier alpha value is -0.810. The summed E-state index contributed by atoms with van der Waals surface area (Å²) < 4.78 is 25.6. The van der Waals surface area contributed by atoms with Crippen molar-refractivity contribution in [2.75, 3.05) is 13.3 Å². The van der Waals surface area contributed by atoms with Crippen molar-refractivity contribution in [1.29, 1.82) is 0 Å². The third kappa shape index (κ3) is 1.64. The molecule has 1 saturated heterocycles. The number of ether oxygens (including phenoxy) is 2. The maximum atomic E-state index is 14.5. The van der Waals surface area contributed by atoms with Crippen molar-refractivity contribution in [1.82, 2.24) is 5.32 Å². The lowest BCUT2D eigenvalue weighted by Crippen LogP contribution is -2.34. The molecule has 1 unspecified atom stereocenters. The van der Waals surface area contributed by atoms with Gasteiger partial charge >= 0.3 is 0 Å². The maximum Gasteiger partial charge on any atom is 0.231 e. The van der Waals surface area contributed by atoms with Crippen molar-refractivity contribution < 1.29 is 13.9 Å². The normalized spacial score (nSPS) is 26.5. The summed E-state index contributed by atoms with van der Waals surface area (Å²) in [5.41, 5.74) is 0.309. The van der Waals surface area contributed by atoms with E-state index in [1.165, 1.54) is 0 Å². The fourth-order valence-electron chi connectivity index (χ4n) is 2.59. The molecule has 1 aromatic carbocycles. The zero-order valence-electron chi connectivity index (χ0n) is 9.48. The molecule has 1 atom stereocenters. The molecular weight excluding hydrogens is 289 g/mol. The van der Waals surface area contributed by atoms with E-state index in [-0.39, 0.29) is 23.9 Å². The van der Waals surface area contributed by atoms with Crippen molar-refractivity contribution in [3.8, 4) is 11.5 Å². The molecule has 0 aromatic heterocycles. The summed E-state index contributed by atoms with van der Waals surface area (Å²) in [6.45, 7) is 3.02. The first-order valence-electron chi connectivity index (χ1n) is 5.65. The van der Waals surface area contributed by atoms with Crippen LogP contribution in [0.25, 0.3) is 0 Å². The molecule has 0 saturated carbocycles. The van der Waals surface area contributed by atoms with Gasteiger partial charge in [0.2, 0.25) is 12.5 Å². The molecule has 0 amide bonds. The van der Waals surface area contributed by atoms with Crippen LogP contribution in [0.2, 0.25) is 0 Å². The van der Waals surface area contributed by atoms with Gasteiger partial charge in [-0.25, -0.2) is 4.39 Å². The highest BCUT2D eigenvalue weighted by Gasteiger charge is 2.37. The Kier molecular flexibility index (Phi) is 2.56. The van der Waals surface area contributed by atoms with Crippen LogP contribution in [0.4, 0.5) is 4.39 Å². The monoisotopic (exact) mass is 301 g/mol. The van der Waals surface area contributed by atoms with Gasteiger partial charge in [0, 0.05) is 15.6 Å². The van der Waals surface area contributed by atoms with Gasteiger partial charge in [-0.3, -0.25) is 0 Å². The van der Waals surface area contributed by atoms with Gasteiger partial charge in [-0.2, -0.15) is 0 Å². The minimum atomic E-state index is -0.329. The number of hydrogen-bond acceptors (Lipinski definition) is 3. The first-order chi connectivity index (χ1) is 8.12. The molecule has 3 rings (SSSR count). The molecule has 2 aliphatic rings. The summed E-state index contributed by atoms with van der Waals surface area (Å²) in [5, 5.41) is 3.36. The fourth-order valence-corrected chi connectivity index (χ4v) is 3.41. The Balaban J connectivity index is 2.16. The van der Waals surface area contributed by atoms with E-state index < -0.39 is 0 Å². The molecule has 1 aromatic rings. The molecule has 0 spiro atoms. The van der Waals surface area contributed by atoms with Crippen LogP contribution in [0.3, 0.4) is 0 Å². The average Bonchev–Trinajstić information content (AvgIpc) is 2.87. The standard InChI is InChI=1S/C12H13BrFNO2/c1-12(3-2-4-15-12)9-7(13)5-8-11(10(9)14)17-6-16-8/h5,15H,2-4,6H2,1H3. The molecule has 0 aliphatic carbocycles. The summed E-state index contributed by atoms with van der Waals surface area (Å²) in [6.07, 6.45) is 1.97. The second kappa shape index (κ2) is 3.85. The minimum absolute atomic E-state index is 0.0896. The van der Waals surface area contributed by atoms with Crippen molar-refractivity contribution >= 4 is 15.9 Å². The Morgan fingerprint density at radius 2 is 2.29 bits per heavy atom. The average molecular weight is 302 g/mol. The summed E-state index contributed by atoms with van der Waals surface area (Å²) in [4.78, 5) is 0. The first kappa shape index (κ1) is 11.3. The Labute approximate surface area is 107 Å². The number of fused-ring (bicyclic) bond motifs is 1. The molecule has 17 heavy (non-hydrogen) atoms. The van der Waals surface area contributed by atoms with Gasteiger partial charge in [-0.1, -0.05) is 15.9 Å². The topological polar surface area (TPSA) is 30.5 Å². The zero-order valence-corrected chi connectivity index (χ0v) is 11.1. The van der Waals surface area contributed by atoms with Crippen LogP contribution < -0.4 is 14.8 Å². The summed E-state index contributed by atoms with van der Waals surface area (Å²) in [6, 6.07) is 1.78. The number of nitrogens with one attached hydrogen (secondary N) is 1. The first-order valence-corrected chi connectivity index (χ1v) is 6.44. The summed E-state index contributed by atoms with van der Waals surface area (Å²) in [7, 11) is 0. The zero-order chi connectivity index (χ0) is 12.0. The minimum Gasteiger partial charge on any atom is -0.453 e. The number of rotatable bonds is 1. The van der Waals surface area contributed by atoms with Crippen molar-refractivity contribution in [2.24, 2.45) is 0 Å². The quantitative estimate of drug-likeness (QED) is 0.865. The van der Waals surface area contributed by atoms with Crippen LogP contribution in [0.1, 0.15) is 25.3 Å². The van der Waals surface area contributed by atoms with Crippen LogP contribution >= 0.6 is 15.9 Å². The molecule has 1 fully saturated rings. The van der Waals surface area contributed by atoms with E-state index in [0.29, 0.717) is 11.3 Å². The van der Waals surface area contributed by atoms with Gasteiger partial charge in [0.05, 0.1) is 0 Å². The molecule has 3 nitrogen and oxygen atoms in total. The van der Waals surface area contributed by atoms with Gasteiger partial charge in [-0.15, -0.1) is 0 Å². The molecule has 2 heterocycles. The molecule has 0 radical (unpaired) electrons. The molecule has 0 bridgehead atoms. The fraction of sp³-hybridized carbons (Fsp3) is 0.500. The number of halogens is 2. The second-order valence-electron chi connectivity index (χ2n) is 4.64. The van der Waals surface area contributed by atoms with Crippen LogP contribution in [-0.2, 0) is 5.54 Å². The lowest BCUT2D eigenvalue weighted by Gasteiger charge is -2.27. The van der Waals surface area contributed by atoms with Gasteiger partial charge in [-0.05, 0) is 32.4 Å². The van der Waals surface area contributed by atoms with E-state index >= 15 is 0 Å². The van der Waals surface area contributed by atoms with Gasteiger partial charge in [0.25, 0.3) is 0 Å². The predicted molar refractivity (Wildman–Crippen MR) is 64.8 cm³/mol. The molecular formula is C12H13BrFNO2. The lowest BCUT2D eigenvalue weighted by atomic mass is 9.89. The van der Waals surface area contributed by atoms with Crippen molar-refractivity contribution in [3.63, 3.8) is 0 Å². The van der Waals surface area contributed by atoms with Gasteiger partial charge in [0.1, 0.15) is 0 Å². The highest BCUT2D eigenvalue weighted by Crippen LogP contribution is 2.45. The van der Waals surface area contributed by atoms with E-state index in [2.05, 4.69) is 21.2 Å². The largest absolute Gasteiger partial charge is 0.453 e. The van der Waals surface area contributed by atoms with Crippen LogP contribution in [0.15, 0.2) is 10.5 Å².